The van der Waals surface area contributed by atoms with Crippen LogP contribution in [-0.2, 0) is 0 Å². The molecule has 0 saturated heterocycles. The van der Waals surface area contributed by atoms with Crippen molar-refractivity contribution in [1.29, 1.82) is 0 Å². The molecule has 6 nitrogen and oxygen atoms in total. The first-order chi connectivity index (χ1) is 15.6. The molecule has 5 rings (SSSR count). The monoisotopic (exact) mass is 428 g/mol. The van der Waals surface area contributed by atoms with Crippen molar-refractivity contribution in [3.05, 3.63) is 77.3 Å². The van der Waals surface area contributed by atoms with Crippen LogP contribution in [0.2, 0.25) is 0 Å². The number of ether oxygens (including phenoxy) is 3. The lowest BCUT2D eigenvalue weighted by atomic mass is 10.0. The molecule has 32 heavy (non-hydrogen) atoms. The van der Waals surface area contributed by atoms with Crippen LogP contribution in [0, 0.1) is 0 Å². The van der Waals surface area contributed by atoms with Gasteiger partial charge in [0.2, 0.25) is 0 Å². The van der Waals surface area contributed by atoms with Crippen molar-refractivity contribution in [1.82, 2.24) is 0 Å². The van der Waals surface area contributed by atoms with E-state index in [-0.39, 0.29) is 0 Å². The highest BCUT2D eigenvalue weighted by Crippen LogP contribution is 2.36. The number of rotatable bonds is 5. The summed E-state index contributed by atoms with van der Waals surface area (Å²) in [6.07, 6.45) is 1.70. The van der Waals surface area contributed by atoms with Crippen molar-refractivity contribution >= 4 is 21.9 Å². The van der Waals surface area contributed by atoms with Gasteiger partial charge in [-0.05, 0) is 47.5 Å². The average Bonchev–Trinajstić information content (AvgIpc) is 3.24. The van der Waals surface area contributed by atoms with Crippen LogP contribution < -0.4 is 19.8 Å². The molecule has 0 spiro atoms. The van der Waals surface area contributed by atoms with E-state index in [9.17, 15) is 4.79 Å². The van der Waals surface area contributed by atoms with Crippen molar-refractivity contribution in [2.24, 2.45) is 0 Å². The van der Waals surface area contributed by atoms with Crippen LogP contribution in [0.4, 0.5) is 0 Å². The normalized spacial score (nSPS) is 11.1. The Balaban J connectivity index is 1.68. The second-order valence-corrected chi connectivity index (χ2v) is 7.28. The van der Waals surface area contributed by atoms with Crippen LogP contribution in [0.15, 0.2) is 80.6 Å². The van der Waals surface area contributed by atoms with E-state index in [1.165, 1.54) is 0 Å². The van der Waals surface area contributed by atoms with Gasteiger partial charge in [0.15, 0.2) is 11.5 Å². The largest absolute Gasteiger partial charge is 0.497 e. The third-order valence-corrected chi connectivity index (χ3v) is 5.50. The molecule has 6 heteroatoms. The fourth-order valence-electron chi connectivity index (χ4n) is 3.86. The van der Waals surface area contributed by atoms with E-state index in [0.717, 1.165) is 27.6 Å². The fourth-order valence-corrected chi connectivity index (χ4v) is 3.86. The third kappa shape index (κ3) is 3.26. The number of fused-ring (bicyclic) bond motifs is 2. The molecule has 0 N–H and O–H groups in total. The van der Waals surface area contributed by atoms with E-state index in [4.69, 9.17) is 23.0 Å². The summed E-state index contributed by atoms with van der Waals surface area (Å²) in [5.74, 6) is 1.89. The van der Waals surface area contributed by atoms with E-state index in [1.54, 1.807) is 51.9 Å². The average molecular weight is 428 g/mol. The Hall–Kier alpha value is -4.19. The molecule has 0 saturated carbocycles. The molecule has 0 fully saturated rings. The molecule has 2 heterocycles. The predicted molar refractivity (Wildman–Crippen MR) is 123 cm³/mol. The van der Waals surface area contributed by atoms with Gasteiger partial charge in [0.1, 0.15) is 16.9 Å². The number of hydrogen-bond donors (Lipinski definition) is 0. The molecule has 2 aromatic heterocycles. The van der Waals surface area contributed by atoms with Crippen LogP contribution in [-0.4, -0.2) is 21.3 Å². The Labute approximate surface area is 183 Å². The zero-order chi connectivity index (χ0) is 22.2. The summed E-state index contributed by atoms with van der Waals surface area (Å²) in [5, 5.41) is 1.70. The van der Waals surface area contributed by atoms with Gasteiger partial charge >= 0.3 is 5.63 Å². The van der Waals surface area contributed by atoms with E-state index >= 15 is 0 Å². The second-order valence-electron chi connectivity index (χ2n) is 7.28. The first-order valence-electron chi connectivity index (χ1n) is 9.97. The maximum atomic E-state index is 12.7. The standard InChI is InChI=1S/C26H20O6/c1-28-18-6-4-5-15(9-18)21-14-31-24-13-23-17(11-20(21)24)10-19(26(27)32-23)16-7-8-22(29-2)25(12-16)30-3/h4-14H,1-3H3. The number of benzene rings is 3. The van der Waals surface area contributed by atoms with Gasteiger partial charge in [-0.1, -0.05) is 18.2 Å². The van der Waals surface area contributed by atoms with E-state index in [0.29, 0.717) is 33.8 Å². The smallest absolute Gasteiger partial charge is 0.344 e. The van der Waals surface area contributed by atoms with Gasteiger partial charge in [-0.15, -0.1) is 0 Å². The van der Waals surface area contributed by atoms with Crippen LogP contribution in [0.5, 0.6) is 17.2 Å². The van der Waals surface area contributed by atoms with Crippen molar-refractivity contribution in [3.63, 3.8) is 0 Å². The van der Waals surface area contributed by atoms with E-state index < -0.39 is 5.63 Å². The topological polar surface area (TPSA) is 71.0 Å². The van der Waals surface area contributed by atoms with Crippen molar-refractivity contribution in [2.45, 2.75) is 0 Å². The highest BCUT2D eigenvalue weighted by atomic mass is 16.5. The van der Waals surface area contributed by atoms with Crippen molar-refractivity contribution in [3.8, 4) is 39.5 Å². The molecule has 0 bridgehead atoms. The Morgan fingerprint density at radius 2 is 1.53 bits per heavy atom. The summed E-state index contributed by atoms with van der Waals surface area (Å²) in [5.41, 5.74) is 3.67. The summed E-state index contributed by atoms with van der Waals surface area (Å²) in [7, 11) is 4.76. The molecular weight excluding hydrogens is 408 g/mol. The Morgan fingerprint density at radius 1 is 0.719 bits per heavy atom. The quantitative estimate of drug-likeness (QED) is 0.325. The summed E-state index contributed by atoms with van der Waals surface area (Å²) in [6, 6.07) is 18.6. The molecule has 0 radical (unpaired) electrons. The summed E-state index contributed by atoms with van der Waals surface area (Å²) in [6.45, 7) is 0. The molecule has 3 aromatic carbocycles. The molecule has 5 aromatic rings. The van der Waals surface area contributed by atoms with E-state index in [2.05, 4.69) is 0 Å². The molecule has 0 unspecified atom stereocenters. The molecule has 0 aliphatic carbocycles. The minimum absolute atomic E-state index is 0.434. The maximum Gasteiger partial charge on any atom is 0.344 e. The Kier molecular flexibility index (Phi) is 4.82. The summed E-state index contributed by atoms with van der Waals surface area (Å²) in [4.78, 5) is 12.7. The molecule has 0 aliphatic heterocycles. The maximum absolute atomic E-state index is 12.7. The van der Waals surface area contributed by atoms with Crippen molar-refractivity contribution in [2.75, 3.05) is 21.3 Å². The minimum atomic E-state index is -0.441. The molecule has 0 atom stereocenters. The summed E-state index contributed by atoms with van der Waals surface area (Å²) >= 11 is 0. The van der Waals surface area contributed by atoms with Gasteiger partial charge in [0, 0.05) is 22.4 Å². The Bertz CT molecular complexity index is 1510. The van der Waals surface area contributed by atoms with Crippen molar-refractivity contribution < 1.29 is 23.0 Å². The van der Waals surface area contributed by atoms with Crippen LogP contribution in [0.3, 0.4) is 0 Å². The lowest BCUT2D eigenvalue weighted by molar-refractivity contribution is 0.355. The molecule has 0 aliphatic rings. The number of hydrogen-bond acceptors (Lipinski definition) is 6. The van der Waals surface area contributed by atoms with Gasteiger partial charge < -0.3 is 23.0 Å². The highest BCUT2D eigenvalue weighted by molar-refractivity contribution is 6.02. The third-order valence-electron chi connectivity index (χ3n) is 5.50. The Morgan fingerprint density at radius 3 is 2.31 bits per heavy atom. The number of methoxy groups -OCH3 is 3. The fraction of sp³-hybridized carbons (Fsp3) is 0.115. The van der Waals surface area contributed by atoms with Crippen LogP contribution in [0.25, 0.3) is 44.2 Å². The zero-order valence-corrected chi connectivity index (χ0v) is 17.8. The first kappa shape index (κ1) is 19.8. The SMILES string of the molecule is COc1cccc(-c2coc3cc4oc(=O)c(-c5ccc(OC)c(OC)c5)cc4cc23)c1. The van der Waals surface area contributed by atoms with Gasteiger partial charge in [0.25, 0.3) is 0 Å². The summed E-state index contributed by atoms with van der Waals surface area (Å²) < 4.78 is 27.4. The highest BCUT2D eigenvalue weighted by Gasteiger charge is 2.15. The minimum Gasteiger partial charge on any atom is -0.497 e. The predicted octanol–water partition coefficient (Wildman–Crippen LogP) is 5.90. The molecule has 160 valence electrons. The second kappa shape index (κ2) is 7.81. The molecule has 0 amide bonds. The number of furan rings is 1. The van der Waals surface area contributed by atoms with Gasteiger partial charge in [-0.2, -0.15) is 0 Å². The van der Waals surface area contributed by atoms with Gasteiger partial charge in [0.05, 0.1) is 33.2 Å². The van der Waals surface area contributed by atoms with E-state index in [1.807, 2.05) is 36.4 Å². The zero-order valence-electron chi connectivity index (χ0n) is 17.8. The lowest BCUT2D eigenvalue weighted by Crippen LogP contribution is -2.03. The van der Waals surface area contributed by atoms with Gasteiger partial charge in [-0.3, -0.25) is 0 Å². The van der Waals surface area contributed by atoms with Gasteiger partial charge in [-0.25, -0.2) is 4.79 Å². The lowest BCUT2D eigenvalue weighted by Gasteiger charge is -2.09. The first-order valence-corrected chi connectivity index (χ1v) is 9.97. The molecular formula is C26H20O6. The van der Waals surface area contributed by atoms with Crippen LogP contribution >= 0.6 is 0 Å². The van der Waals surface area contributed by atoms with Crippen LogP contribution in [0.1, 0.15) is 0 Å².